The summed E-state index contributed by atoms with van der Waals surface area (Å²) in [6, 6.07) is 19.1. The second-order valence-corrected chi connectivity index (χ2v) is 33.3. The van der Waals surface area contributed by atoms with Crippen molar-refractivity contribution < 1.29 is 55.1 Å². The van der Waals surface area contributed by atoms with Crippen molar-refractivity contribution in [2.45, 2.75) is 183 Å². The van der Waals surface area contributed by atoms with Crippen LogP contribution in [0.1, 0.15) is 192 Å². The van der Waals surface area contributed by atoms with Crippen molar-refractivity contribution in [2.24, 2.45) is 32.5 Å². The van der Waals surface area contributed by atoms with Crippen LogP contribution >= 0.6 is 0 Å². The number of hydrogen-bond donors (Lipinski definition) is 4. The summed E-state index contributed by atoms with van der Waals surface area (Å²) in [5.74, 6) is 0.860. The minimum Gasteiger partial charge on any atom is -0.385 e. The summed E-state index contributed by atoms with van der Waals surface area (Å²) in [4.78, 5) is 72.9. The highest BCUT2D eigenvalue weighted by Crippen LogP contribution is 2.19. The van der Waals surface area contributed by atoms with E-state index in [1.54, 1.807) is 49.1 Å². The van der Waals surface area contributed by atoms with Crippen molar-refractivity contribution in [3.8, 4) is 12.1 Å². The van der Waals surface area contributed by atoms with E-state index in [9.17, 15) is 45.6 Å². The zero-order valence-electron chi connectivity index (χ0n) is 60.6. The number of benzene rings is 2. The maximum absolute atomic E-state index is 12.0. The summed E-state index contributed by atoms with van der Waals surface area (Å²) >= 11 is 0. The van der Waals surface area contributed by atoms with Crippen molar-refractivity contribution in [1.29, 1.82) is 10.5 Å². The Morgan fingerprint density at radius 3 is 1.20 bits per heavy atom. The average molecular weight is 1320 g/mol. The number of nitrogens with zero attached hydrogens (tertiary/aromatic N) is 4. The maximum Gasteiger partial charge on any atom is 0.227 e. The molecule has 0 aliphatic rings. The van der Waals surface area contributed by atoms with Crippen LogP contribution in [-0.4, -0.2) is 166 Å². The molecule has 0 atom stereocenters. The molecule has 2 rings (SSSR count). The second-order valence-electron chi connectivity index (χ2n) is 28.6. The molecule has 2 aromatic rings. The number of carbonyl (C=O) groups excluding carboxylic acids is 6. The SMILES string of the molecule is CC(C)(C)C(=O)NCCCS(C)(=O)=O.CC(C)(C)C(=O)NCCc1ccc(C#N)cc1.CCS(=O)(=O)CCCNC(=O)C(C)(C)C.CN(CCc1cccc(C#N)c1)C(=O)C(C)(C)C.COCCCCN(C)C(=O)C(C)(C)C.COCCCCNC(=O)C(C)(C)C. The molecule has 91 heavy (non-hydrogen) atoms. The lowest BCUT2D eigenvalue weighted by atomic mass is 9.95. The van der Waals surface area contributed by atoms with Gasteiger partial charge in [0.25, 0.3) is 0 Å². The third-order valence-electron chi connectivity index (χ3n) is 12.8. The Bertz CT molecular complexity index is 2750. The fourth-order valence-corrected chi connectivity index (χ4v) is 8.45. The molecule has 6 amide bonds. The molecule has 0 radical (unpaired) electrons. The van der Waals surface area contributed by atoms with Crippen LogP contribution in [0.2, 0.25) is 0 Å². The maximum atomic E-state index is 12.0. The summed E-state index contributed by atoms with van der Waals surface area (Å²) in [5.41, 5.74) is 1.48. The number of likely N-dealkylation sites (N-methyl/N-ethyl adjacent to an activating group) is 1. The molecular weight excluding hydrogens is 1200 g/mol. The van der Waals surface area contributed by atoms with E-state index < -0.39 is 30.5 Å². The highest BCUT2D eigenvalue weighted by atomic mass is 32.2. The lowest BCUT2D eigenvalue weighted by molar-refractivity contribution is -0.138. The summed E-state index contributed by atoms with van der Waals surface area (Å²) in [6.07, 6.45) is 7.71. The van der Waals surface area contributed by atoms with E-state index in [0.29, 0.717) is 50.1 Å². The molecule has 0 spiro atoms. The monoisotopic (exact) mass is 1320 g/mol. The topological polar surface area (TPSA) is 291 Å². The van der Waals surface area contributed by atoms with Crippen molar-refractivity contribution in [3.05, 3.63) is 70.8 Å². The summed E-state index contributed by atoms with van der Waals surface area (Å²) in [7, 11) is 1.26. The van der Waals surface area contributed by atoms with Crippen molar-refractivity contribution >= 4 is 55.1 Å². The first kappa shape index (κ1) is 91.5. The molecule has 0 saturated heterocycles. The summed E-state index contributed by atoms with van der Waals surface area (Å²) in [5, 5.41) is 28.7. The highest BCUT2D eigenvalue weighted by Gasteiger charge is 2.27. The summed E-state index contributed by atoms with van der Waals surface area (Å²) < 4.78 is 53.6. The number of unbranched alkanes of at least 4 members (excludes halogenated alkanes) is 2. The number of methoxy groups -OCH3 is 2. The van der Waals surface area contributed by atoms with Crippen molar-refractivity contribution in [3.63, 3.8) is 0 Å². The van der Waals surface area contributed by atoms with Gasteiger partial charge in [-0.25, -0.2) is 16.8 Å². The molecular formula is C69H122N8O12S2. The number of ether oxygens (including phenoxy) is 2. The fourth-order valence-electron chi connectivity index (χ4n) is 6.91. The van der Waals surface area contributed by atoms with Gasteiger partial charge in [-0.05, 0) is 86.8 Å². The van der Waals surface area contributed by atoms with Gasteiger partial charge in [-0.2, -0.15) is 10.5 Å². The van der Waals surface area contributed by atoms with Crippen LogP contribution in [0.4, 0.5) is 0 Å². The molecule has 0 bridgehead atoms. The van der Waals surface area contributed by atoms with E-state index in [-0.39, 0.29) is 74.4 Å². The predicted octanol–water partition coefficient (Wildman–Crippen LogP) is 9.92. The van der Waals surface area contributed by atoms with Gasteiger partial charge in [-0.15, -0.1) is 0 Å². The van der Waals surface area contributed by atoms with Gasteiger partial charge < -0.3 is 40.5 Å². The van der Waals surface area contributed by atoms with E-state index in [4.69, 9.17) is 20.0 Å². The van der Waals surface area contributed by atoms with Gasteiger partial charge in [0.2, 0.25) is 35.4 Å². The van der Waals surface area contributed by atoms with E-state index in [2.05, 4.69) is 33.4 Å². The molecule has 522 valence electrons. The molecule has 22 heteroatoms. The first-order chi connectivity index (χ1) is 41.5. The largest absolute Gasteiger partial charge is 0.385 e. The average Bonchev–Trinajstić information content (AvgIpc) is 1.82. The third kappa shape index (κ3) is 51.3. The molecule has 0 aliphatic heterocycles. The van der Waals surface area contributed by atoms with Crippen LogP contribution in [0.3, 0.4) is 0 Å². The molecule has 0 fully saturated rings. The molecule has 2 aromatic carbocycles. The first-order valence-corrected chi connectivity index (χ1v) is 35.3. The highest BCUT2D eigenvalue weighted by molar-refractivity contribution is 7.91. The fraction of sp³-hybridized carbons (Fsp3) is 0.710. The Balaban J connectivity index is -0.000000501. The van der Waals surface area contributed by atoms with Gasteiger partial charge in [0.1, 0.15) is 19.7 Å². The van der Waals surface area contributed by atoms with E-state index in [1.807, 2.05) is 169 Å². The number of sulfone groups is 2. The number of hydrogen-bond acceptors (Lipinski definition) is 14. The Kier molecular flexibility index (Phi) is 45.6. The van der Waals surface area contributed by atoms with Crippen LogP contribution in [0.25, 0.3) is 0 Å². The minimum atomic E-state index is -2.91. The van der Waals surface area contributed by atoms with Gasteiger partial charge in [0.05, 0.1) is 34.8 Å². The molecule has 0 aliphatic carbocycles. The van der Waals surface area contributed by atoms with Crippen LogP contribution in [0, 0.1) is 55.2 Å². The Hall–Kier alpha value is -5.94. The smallest absolute Gasteiger partial charge is 0.227 e. The predicted molar refractivity (Wildman–Crippen MR) is 369 cm³/mol. The van der Waals surface area contributed by atoms with Crippen LogP contribution in [0.5, 0.6) is 0 Å². The number of amides is 6. The van der Waals surface area contributed by atoms with Gasteiger partial charge in [0, 0.05) is 125 Å². The molecule has 4 N–H and O–H groups in total. The zero-order valence-corrected chi connectivity index (χ0v) is 62.2. The molecule has 0 heterocycles. The first-order valence-electron chi connectivity index (χ1n) is 31.5. The molecule has 0 unspecified atom stereocenters. The Morgan fingerprint density at radius 2 is 0.835 bits per heavy atom. The second kappa shape index (κ2) is 45.4. The standard InChI is InChI=1S/C15H20N2O.C14H18N2O.C11H23NO2.C10H21NO3S.C10H21NO2.C9H19NO3S/c1-15(2,3)14(18)17(4)9-8-12-6-5-7-13(10-12)11-16;1-14(2,3)13(17)16-9-8-11-4-6-12(10-15)7-5-11;1-11(2,3)10(13)12(4)8-6-7-9-14-5;1-5-15(13,14)8-6-7-11-9(12)10(2,3)4;1-10(2,3)9(12)11-7-5-6-8-13-4;1-9(2,3)8(11)10-6-5-7-14(4,12)13/h5-7,10H,8-9H2,1-4H3;4-7H,8-9H2,1-3H3,(H,16,17);6-9H2,1-5H3;5-8H2,1-4H3,(H,11,12);5-8H2,1-4H3,(H,11,12);5-7H2,1-4H3,(H,10,11). The summed E-state index contributed by atoms with van der Waals surface area (Å²) in [6.45, 7) is 40.8. The van der Waals surface area contributed by atoms with E-state index >= 15 is 0 Å². The van der Waals surface area contributed by atoms with Gasteiger partial charge in [0.15, 0.2) is 0 Å². The van der Waals surface area contributed by atoms with Gasteiger partial charge in [-0.1, -0.05) is 156 Å². The number of carbonyl (C=O) groups is 6. The number of nitrogens with one attached hydrogen (secondary N) is 4. The van der Waals surface area contributed by atoms with Gasteiger partial charge >= 0.3 is 0 Å². The quantitative estimate of drug-likeness (QED) is 0.0673. The molecule has 20 nitrogen and oxygen atoms in total. The van der Waals surface area contributed by atoms with Crippen molar-refractivity contribution in [1.82, 2.24) is 31.1 Å². The van der Waals surface area contributed by atoms with Gasteiger partial charge in [-0.3, -0.25) is 28.8 Å². The van der Waals surface area contributed by atoms with Crippen molar-refractivity contribution in [2.75, 3.05) is 104 Å². The third-order valence-corrected chi connectivity index (χ3v) is 15.6. The normalized spacial score (nSPS) is 11.5. The van der Waals surface area contributed by atoms with Crippen LogP contribution in [0.15, 0.2) is 48.5 Å². The lowest BCUT2D eigenvalue weighted by Crippen LogP contribution is -2.37. The Morgan fingerprint density at radius 1 is 0.462 bits per heavy atom. The lowest BCUT2D eigenvalue weighted by Gasteiger charge is -2.26. The molecule has 0 saturated carbocycles. The minimum absolute atomic E-state index is 0.0450. The van der Waals surface area contributed by atoms with Crippen LogP contribution in [-0.2, 0) is 70.8 Å². The molecule has 0 aromatic heterocycles. The Labute approximate surface area is 551 Å². The van der Waals surface area contributed by atoms with E-state index in [1.165, 1.54) is 6.26 Å². The number of rotatable bonds is 25. The van der Waals surface area contributed by atoms with E-state index in [0.717, 1.165) is 76.0 Å². The zero-order chi connectivity index (χ0) is 71.7. The number of nitriles is 2. The van der Waals surface area contributed by atoms with Crippen LogP contribution < -0.4 is 21.3 Å².